The highest BCUT2D eigenvalue weighted by Gasteiger charge is 2.38. The zero-order valence-electron chi connectivity index (χ0n) is 21.7. The van der Waals surface area contributed by atoms with Crippen molar-refractivity contribution in [3.8, 4) is 11.5 Å². The molecule has 1 aliphatic heterocycles. The Morgan fingerprint density at radius 3 is 2.47 bits per heavy atom. The van der Waals surface area contributed by atoms with E-state index >= 15 is 0 Å². The first-order chi connectivity index (χ1) is 18.5. The molecule has 0 unspecified atom stereocenters. The van der Waals surface area contributed by atoms with E-state index in [0.717, 1.165) is 52.1 Å². The fourth-order valence-electron chi connectivity index (χ4n) is 4.77. The smallest absolute Gasteiger partial charge is 0.267 e. The first kappa shape index (κ1) is 26.6. The molecule has 1 heterocycles. The SMILES string of the molecule is COc1cc(/C=C2/SC(=Nc3ccc(C)cc3)N(C3CCCCC3)C2=O)c(Br)cc1OCc1ccccc1. The van der Waals surface area contributed by atoms with Crippen LogP contribution in [0.3, 0.4) is 0 Å². The zero-order valence-corrected chi connectivity index (χ0v) is 24.1. The van der Waals surface area contributed by atoms with Crippen molar-refractivity contribution in [3.63, 3.8) is 0 Å². The molecule has 0 aromatic heterocycles. The molecule has 2 aliphatic rings. The van der Waals surface area contributed by atoms with E-state index < -0.39 is 0 Å². The summed E-state index contributed by atoms with van der Waals surface area (Å²) >= 11 is 5.13. The van der Waals surface area contributed by atoms with Crippen LogP contribution < -0.4 is 9.47 Å². The number of carbonyl (C=O) groups is 1. The lowest BCUT2D eigenvalue weighted by Crippen LogP contribution is -2.40. The topological polar surface area (TPSA) is 51.1 Å². The van der Waals surface area contributed by atoms with E-state index in [9.17, 15) is 4.79 Å². The monoisotopic (exact) mass is 590 g/mol. The van der Waals surface area contributed by atoms with Gasteiger partial charge >= 0.3 is 0 Å². The fraction of sp³-hybridized carbons (Fsp3) is 0.290. The Balaban J connectivity index is 1.44. The Bertz CT molecular complexity index is 1350. The minimum Gasteiger partial charge on any atom is -0.493 e. The van der Waals surface area contributed by atoms with Gasteiger partial charge in [-0.3, -0.25) is 9.69 Å². The van der Waals surface area contributed by atoms with Crippen LogP contribution in [-0.4, -0.2) is 29.1 Å². The molecule has 0 N–H and O–H groups in total. The molecule has 0 bridgehead atoms. The number of methoxy groups -OCH3 is 1. The van der Waals surface area contributed by atoms with Gasteiger partial charge in [0.15, 0.2) is 16.7 Å². The number of carbonyl (C=O) groups excluding carboxylic acids is 1. The first-order valence-corrected chi connectivity index (χ1v) is 14.6. The number of halogens is 1. The van der Waals surface area contributed by atoms with Crippen LogP contribution >= 0.6 is 27.7 Å². The molecule has 5 nitrogen and oxygen atoms in total. The van der Waals surface area contributed by atoms with Gasteiger partial charge in [-0.1, -0.05) is 83.2 Å². The second-order valence-electron chi connectivity index (χ2n) is 9.61. The average molecular weight is 592 g/mol. The van der Waals surface area contributed by atoms with Crippen molar-refractivity contribution in [2.75, 3.05) is 7.11 Å². The maximum absolute atomic E-state index is 13.7. The number of thioether (sulfide) groups is 1. The number of hydrogen-bond donors (Lipinski definition) is 0. The number of aliphatic imine (C=N–C) groups is 1. The third-order valence-electron chi connectivity index (χ3n) is 6.84. The largest absolute Gasteiger partial charge is 0.493 e. The molecule has 7 heteroatoms. The molecule has 196 valence electrons. The van der Waals surface area contributed by atoms with Gasteiger partial charge in [0.25, 0.3) is 5.91 Å². The summed E-state index contributed by atoms with van der Waals surface area (Å²) in [7, 11) is 1.63. The van der Waals surface area contributed by atoms with Crippen molar-refractivity contribution < 1.29 is 14.3 Å². The van der Waals surface area contributed by atoms with Crippen molar-refractivity contribution in [2.45, 2.75) is 51.7 Å². The quantitative estimate of drug-likeness (QED) is 0.260. The van der Waals surface area contributed by atoms with Crippen molar-refractivity contribution in [1.82, 2.24) is 4.90 Å². The van der Waals surface area contributed by atoms with Crippen molar-refractivity contribution >= 4 is 50.5 Å². The summed E-state index contributed by atoms with van der Waals surface area (Å²) in [4.78, 5) is 21.2. The Morgan fingerprint density at radius 1 is 1.03 bits per heavy atom. The van der Waals surface area contributed by atoms with E-state index in [-0.39, 0.29) is 11.9 Å². The minimum atomic E-state index is 0.0167. The third kappa shape index (κ3) is 6.16. The molecular formula is C31H31BrN2O3S. The number of amidine groups is 1. The van der Waals surface area contributed by atoms with Crippen LogP contribution in [0.5, 0.6) is 11.5 Å². The number of nitrogens with zero attached hydrogens (tertiary/aromatic N) is 2. The molecule has 1 saturated carbocycles. The molecule has 1 aliphatic carbocycles. The lowest BCUT2D eigenvalue weighted by Gasteiger charge is -2.30. The Morgan fingerprint density at radius 2 is 1.76 bits per heavy atom. The second kappa shape index (κ2) is 12.2. The molecule has 3 aromatic rings. The van der Waals surface area contributed by atoms with Crippen LogP contribution in [-0.2, 0) is 11.4 Å². The van der Waals surface area contributed by atoms with Gasteiger partial charge in [-0.25, -0.2) is 4.99 Å². The number of aryl methyl sites for hydroxylation is 1. The van der Waals surface area contributed by atoms with Crippen molar-refractivity contribution in [2.24, 2.45) is 4.99 Å². The molecule has 38 heavy (non-hydrogen) atoms. The maximum Gasteiger partial charge on any atom is 0.267 e. The zero-order chi connectivity index (χ0) is 26.5. The number of ether oxygens (including phenoxy) is 2. The Labute approximate surface area is 237 Å². The predicted molar refractivity (Wildman–Crippen MR) is 159 cm³/mol. The van der Waals surface area contributed by atoms with Gasteiger partial charge in [0.2, 0.25) is 0 Å². The van der Waals surface area contributed by atoms with Crippen molar-refractivity contribution in [3.05, 3.63) is 92.8 Å². The second-order valence-corrected chi connectivity index (χ2v) is 11.5. The summed E-state index contributed by atoms with van der Waals surface area (Å²) in [5.74, 6) is 1.27. The molecular weight excluding hydrogens is 560 g/mol. The van der Waals surface area contributed by atoms with E-state index in [2.05, 4.69) is 22.9 Å². The first-order valence-electron chi connectivity index (χ1n) is 12.9. The van der Waals surface area contributed by atoms with Crippen LogP contribution in [0.1, 0.15) is 48.8 Å². The number of benzene rings is 3. The Hall–Kier alpha value is -3.03. The molecule has 2 fully saturated rings. The van der Waals surface area contributed by atoms with E-state index in [1.54, 1.807) is 7.11 Å². The van der Waals surface area contributed by atoms with Gasteiger partial charge in [-0.15, -0.1) is 0 Å². The highest BCUT2D eigenvalue weighted by atomic mass is 79.9. The van der Waals surface area contributed by atoms with Gasteiger partial charge in [0, 0.05) is 10.5 Å². The molecule has 0 radical (unpaired) electrons. The summed E-state index contributed by atoms with van der Waals surface area (Å²) in [5.41, 5.74) is 3.97. The van der Waals surface area contributed by atoms with Gasteiger partial charge in [0.1, 0.15) is 6.61 Å². The van der Waals surface area contributed by atoms with Gasteiger partial charge in [-0.2, -0.15) is 0 Å². The predicted octanol–water partition coefficient (Wildman–Crippen LogP) is 8.28. The van der Waals surface area contributed by atoms with E-state index in [0.29, 0.717) is 23.0 Å². The lowest BCUT2D eigenvalue weighted by molar-refractivity contribution is -0.124. The summed E-state index contributed by atoms with van der Waals surface area (Å²) in [5, 5.41) is 0.753. The van der Waals surface area contributed by atoms with Crippen LogP contribution in [0.15, 0.2) is 81.1 Å². The summed E-state index contributed by atoms with van der Waals surface area (Å²) < 4.78 is 12.5. The standard InChI is InChI=1S/C31H31BrN2O3S/c1-21-13-15-24(16-14-21)33-31-34(25-11-7-4-8-12-25)30(35)29(38-31)18-23-17-27(36-2)28(19-26(23)32)37-20-22-9-5-3-6-10-22/h3,5-6,9-10,13-19,25H,4,7-8,11-12,20H2,1-2H3/b29-18+,33-31?. The molecule has 0 atom stereocenters. The van der Waals surface area contributed by atoms with Gasteiger partial charge in [-0.05, 0) is 73.0 Å². The Kier molecular flexibility index (Phi) is 8.55. The fourth-order valence-corrected chi connectivity index (χ4v) is 6.25. The van der Waals surface area contributed by atoms with Gasteiger partial charge < -0.3 is 9.47 Å². The molecule has 0 spiro atoms. The number of amides is 1. The summed E-state index contributed by atoms with van der Waals surface area (Å²) in [6.07, 6.45) is 7.46. The highest BCUT2D eigenvalue weighted by molar-refractivity contribution is 9.10. The lowest BCUT2D eigenvalue weighted by atomic mass is 9.94. The molecule has 1 saturated heterocycles. The molecule has 5 rings (SSSR count). The van der Waals surface area contributed by atoms with E-state index in [4.69, 9.17) is 14.5 Å². The number of rotatable bonds is 7. The number of hydrogen-bond acceptors (Lipinski definition) is 5. The molecule has 3 aromatic carbocycles. The average Bonchev–Trinajstić information content (AvgIpc) is 3.25. The van der Waals surface area contributed by atoms with Gasteiger partial charge in [0.05, 0.1) is 17.7 Å². The summed E-state index contributed by atoms with van der Waals surface area (Å²) in [6.45, 7) is 2.50. The van der Waals surface area contributed by atoms with Crippen LogP contribution in [0.25, 0.3) is 6.08 Å². The highest BCUT2D eigenvalue weighted by Crippen LogP contribution is 2.41. The maximum atomic E-state index is 13.7. The van der Waals surface area contributed by atoms with Crippen molar-refractivity contribution in [1.29, 1.82) is 0 Å². The minimum absolute atomic E-state index is 0.0167. The van der Waals surface area contributed by atoms with Crippen LogP contribution in [0.4, 0.5) is 5.69 Å². The van der Waals surface area contributed by atoms with E-state index in [1.807, 2.05) is 77.7 Å². The van der Waals surface area contributed by atoms with Crippen LogP contribution in [0, 0.1) is 6.92 Å². The van der Waals surface area contributed by atoms with Crippen LogP contribution in [0.2, 0.25) is 0 Å². The van der Waals surface area contributed by atoms with E-state index in [1.165, 1.54) is 23.7 Å². The normalized spacial score (nSPS) is 18.4. The third-order valence-corrected chi connectivity index (χ3v) is 8.51. The summed E-state index contributed by atoms with van der Waals surface area (Å²) in [6, 6.07) is 22.1. The molecule has 1 amide bonds.